The van der Waals surface area contributed by atoms with Crippen molar-refractivity contribution in [3.63, 3.8) is 0 Å². The third kappa shape index (κ3) is 3.72. The van der Waals surface area contributed by atoms with E-state index in [4.69, 9.17) is 23.2 Å². The number of H-pyrrole nitrogens is 1. The number of fused-ring (bicyclic) bond motifs is 1. The molecular formula is C22H18Cl2N4O2. The minimum atomic E-state index is -0.278. The minimum Gasteiger partial charge on any atom is -0.357 e. The lowest BCUT2D eigenvalue weighted by atomic mass is 10.0. The molecule has 0 aliphatic rings. The summed E-state index contributed by atoms with van der Waals surface area (Å²) in [6, 6.07) is 10.6. The Bertz CT molecular complexity index is 1320. The number of rotatable bonds is 4. The number of nitrogens with zero attached hydrogens (tertiary/aromatic N) is 2. The molecule has 6 nitrogen and oxygen atoms in total. The molecule has 0 saturated carbocycles. The van der Waals surface area contributed by atoms with E-state index in [1.54, 1.807) is 43.7 Å². The molecule has 0 saturated heterocycles. The lowest BCUT2D eigenvalue weighted by molar-refractivity contribution is -0.115. The topological polar surface area (TPSA) is 79.8 Å². The van der Waals surface area contributed by atoms with E-state index in [-0.39, 0.29) is 17.9 Å². The molecule has 3 aromatic heterocycles. The molecule has 152 valence electrons. The molecule has 0 atom stereocenters. The van der Waals surface area contributed by atoms with Gasteiger partial charge in [0.1, 0.15) is 11.3 Å². The van der Waals surface area contributed by atoms with Crippen molar-refractivity contribution in [2.24, 2.45) is 7.05 Å². The van der Waals surface area contributed by atoms with Gasteiger partial charge in [0.15, 0.2) is 0 Å². The SMILES string of the molecule is Cc1ccc(NC(=O)Cc2c(Cl)cccc2Cl)nc1-c1cn(C)c(=O)c2[nH]ccc12. The van der Waals surface area contributed by atoms with Crippen molar-refractivity contribution in [3.05, 3.63) is 80.3 Å². The molecule has 0 aliphatic carbocycles. The number of hydrogen-bond donors (Lipinski definition) is 2. The first-order valence-electron chi connectivity index (χ1n) is 9.22. The van der Waals surface area contributed by atoms with Crippen LogP contribution in [0.4, 0.5) is 5.82 Å². The molecule has 0 aliphatic heterocycles. The lowest BCUT2D eigenvalue weighted by Crippen LogP contribution is -2.17. The van der Waals surface area contributed by atoms with Crippen molar-refractivity contribution in [1.29, 1.82) is 0 Å². The Morgan fingerprint density at radius 3 is 2.63 bits per heavy atom. The summed E-state index contributed by atoms with van der Waals surface area (Å²) in [5.41, 5.74) is 3.37. The zero-order valence-electron chi connectivity index (χ0n) is 16.3. The van der Waals surface area contributed by atoms with Crippen LogP contribution in [0.25, 0.3) is 22.2 Å². The highest BCUT2D eigenvalue weighted by Crippen LogP contribution is 2.29. The van der Waals surface area contributed by atoms with E-state index in [1.165, 1.54) is 4.57 Å². The molecule has 0 fully saturated rings. The minimum absolute atomic E-state index is 0.0330. The van der Waals surface area contributed by atoms with Crippen molar-refractivity contribution >= 4 is 45.8 Å². The predicted octanol–water partition coefficient (Wildman–Crippen LogP) is 4.73. The molecule has 1 aromatic carbocycles. The largest absolute Gasteiger partial charge is 0.357 e. The number of aromatic amines is 1. The van der Waals surface area contributed by atoms with Crippen LogP contribution in [0.1, 0.15) is 11.1 Å². The number of carbonyl (C=O) groups excluding carboxylic acids is 1. The van der Waals surface area contributed by atoms with E-state index in [0.717, 1.165) is 16.5 Å². The summed E-state index contributed by atoms with van der Waals surface area (Å²) in [4.78, 5) is 32.5. The standard InChI is InChI=1S/C22H18Cl2N4O2/c1-12-6-7-18(26-19(29)10-14-16(23)4-3-5-17(14)24)27-20(12)15-11-28(2)22(30)21-13(15)8-9-25-21/h3-9,11,25H,10H2,1-2H3,(H,26,27,29). The van der Waals surface area contributed by atoms with Gasteiger partial charge in [0.25, 0.3) is 5.56 Å². The van der Waals surface area contributed by atoms with Crippen molar-refractivity contribution in [2.45, 2.75) is 13.3 Å². The Hall–Kier alpha value is -3.09. The average molecular weight is 441 g/mol. The van der Waals surface area contributed by atoms with Crippen LogP contribution in [0, 0.1) is 6.92 Å². The molecule has 0 radical (unpaired) electrons. The fourth-order valence-corrected chi connectivity index (χ4v) is 3.91. The Kier molecular flexibility index (Phi) is 5.37. The van der Waals surface area contributed by atoms with Gasteiger partial charge in [-0.2, -0.15) is 0 Å². The molecule has 4 rings (SSSR count). The van der Waals surface area contributed by atoms with Crippen LogP contribution in [0.5, 0.6) is 0 Å². The summed E-state index contributed by atoms with van der Waals surface area (Å²) >= 11 is 12.3. The number of benzene rings is 1. The Morgan fingerprint density at radius 2 is 1.90 bits per heavy atom. The maximum Gasteiger partial charge on any atom is 0.274 e. The Balaban J connectivity index is 1.68. The summed E-state index contributed by atoms with van der Waals surface area (Å²) in [5, 5.41) is 4.46. The van der Waals surface area contributed by atoms with Crippen LogP contribution in [0.2, 0.25) is 10.0 Å². The van der Waals surface area contributed by atoms with Gasteiger partial charge in [-0.1, -0.05) is 35.3 Å². The molecule has 0 unspecified atom stereocenters. The first-order valence-corrected chi connectivity index (χ1v) is 9.98. The van der Waals surface area contributed by atoms with Gasteiger partial charge in [-0.05, 0) is 42.3 Å². The van der Waals surface area contributed by atoms with E-state index in [9.17, 15) is 9.59 Å². The first-order chi connectivity index (χ1) is 14.3. The summed E-state index contributed by atoms with van der Waals surface area (Å²) in [7, 11) is 1.69. The molecule has 4 aromatic rings. The number of aromatic nitrogens is 3. The highest BCUT2D eigenvalue weighted by Gasteiger charge is 2.15. The molecule has 0 spiro atoms. The van der Waals surface area contributed by atoms with Gasteiger partial charge in [-0.3, -0.25) is 9.59 Å². The maximum atomic E-state index is 12.6. The lowest BCUT2D eigenvalue weighted by Gasteiger charge is -2.12. The molecule has 8 heteroatoms. The quantitative estimate of drug-likeness (QED) is 0.481. The van der Waals surface area contributed by atoms with Gasteiger partial charge < -0.3 is 14.9 Å². The van der Waals surface area contributed by atoms with Crippen molar-refractivity contribution in [3.8, 4) is 11.3 Å². The number of nitrogens with one attached hydrogen (secondary N) is 2. The fraction of sp³-hybridized carbons (Fsp3) is 0.136. The number of amides is 1. The van der Waals surface area contributed by atoms with Gasteiger partial charge in [-0.25, -0.2) is 4.98 Å². The summed E-state index contributed by atoms with van der Waals surface area (Å²) in [6.07, 6.45) is 3.51. The highest BCUT2D eigenvalue weighted by atomic mass is 35.5. The Labute approximate surface area is 182 Å². The summed E-state index contributed by atoms with van der Waals surface area (Å²) in [5.74, 6) is 0.126. The van der Waals surface area contributed by atoms with E-state index in [2.05, 4.69) is 15.3 Å². The molecule has 2 N–H and O–H groups in total. The second kappa shape index (κ2) is 7.97. The summed E-state index contributed by atoms with van der Waals surface area (Å²) in [6.45, 7) is 1.93. The number of carbonyl (C=O) groups is 1. The van der Waals surface area contributed by atoms with Crippen LogP contribution in [0.3, 0.4) is 0 Å². The van der Waals surface area contributed by atoms with Crippen LogP contribution < -0.4 is 10.9 Å². The Morgan fingerprint density at radius 1 is 1.17 bits per heavy atom. The van der Waals surface area contributed by atoms with Crippen LogP contribution in [0.15, 0.2) is 53.6 Å². The first kappa shape index (κ1) is 20.2. The van der Waals surface area contributed by atoms with E-state index in [0.29, 0.717) is 32.6 Å². The second-order valence-corrected chi connectivity index (χ2v) is 7.83. The second-order valence-electron chi connectivity index (χ2n) is 7.01. The molecule has 1 amide bonds. The van der Waals surface area contributed by atoms with E-state index < -0.39 is 0 Å². The van der Waals surface area contributed by atoms with Gasteiger partial charge in [0, 0.05) is 40.4 Å². The number of pyridine rings is 2. The zero-order chi connectivity index (χ0) is 21.4. The highest BCUT2D eigenvalue weighted by molar-refractivity contribution is 6.36. The number of halogens is 2. The normalized spacial score (nSPS) is 11.1. The fourth-order valence-electron chi connectivity index (χ4n) is 3.38. The monoisotopic (exact) mass is 440 g/mol. The third-order valence-electron chi connectivity index (χ3n) is 4.91. The van der Waals surface area contributed by atoms with Crippen LogP contribution in [-0.4, -0.2) is 20.4 Å². The van der Waals surface area contributed by atoms with Gasteiger partial charge in [-0.15, -0.1) is 0 Å². The summed E-state index contributed by atoms with van der Waals surface area (Å²) < 4.78 is 1.51. The van der Waals surface area contributed by atoms with Crippen molar-refractivity contribution in [2.75, 3.05) is 5.32 Å². The van der Waals surface area contributed by atoms with E-state index >= 15 is 0 Å². The number of aryl methyl sites for hydroxylation is 2. The molecule has 30 heavy (non-hydrogen) atoms. The molecule has 3 heterocycles. The van der Waals surface area contributed by atoms with Gasteiger partial charge in [0.05, 0.1) is 12.1 Å². The number of anilines is 1. The third-order valence-corrected chi connectivity index (χ3v) is 5.62. The van der Waals surface area contributed by atoms with Gasteiger partial charge >= 0.3 is 0 Å². The van der Waals surface area contributed by atoms with E-state index in [1.807, 2.05) is 19.1 Å². The average Bonchev–Trinajstić information content (AvgIpc) is 3.19. The molecule has 0 bridgehead atoms. The number of hydrogen-bond acceptors (Lipinski definition) is 3. The van der Waals surface area contributed by atoms with Gasteiger partial charge in [0.2, 0.25) is 5.91 Å². The molecular weight excluding hydrogens is 423 g/mol. The maximum absolute atomic E-state index is 12.6. The zero-order valence-corrected chi connectivity index (χ0v) is 17.8. The van der Waals surface area contributed by atoms with Crippen LogP contribution >= 0.6 is 23.2 Å². The van der Waals surface area contributed by atoms with Crippen molar-refractivity contribution < 1.29 is 4.79 Å². The van der Waals surface area contributed by atoms with Crippen LogP contribution in [-0.2, 0) is 18.3 Å². The smallest absolute Gasteiger partial charge is 0.274 e. The van der Waals surface area contributed by atoms with Crippen molar-refractivity contribution in [1.82, 2.24) is 14.5 Å². The predicted molar refractivity (Wildman–Crippen MR) is 120 cm³/mol.